The van der Waals surface area contributed by atoms with Crippen LogP contribution >= 0.6 is 0 Å². The summed E-state index contributed by atoms with van der Waals surface area (Å²) in [6, 6.07) is 26.9. The first-order valence-corrected chi connectivity index (χ1v) is 9.51. The van der Waals surface area contributed by atoms with Crippen LogP contribution in [0.1, 0.15) is 53.1 Å². The molecule has 1 amide bonds. The van der Waals surface area contributed by atoms with Crippen molar-refractivity contribution >= 4 is 5.91 Å². The number of carbonyl (C=O) groups excluding carboxylic acids is 1. The lowest BCUT2D eigenvalue weighted by atomic mass is 9.88. The van der Waals surface area contributed by atoms with E-state index in [9.17, 15) is 4.79 Å². The molecule has 0 aliphatic rings. The summed E-state index contributed by atoms with van der Waals surface area (Å²) < 4.78 is 0. The van der Waals surface area contributed by atoms with E-state index in [1.807, 2.05) is 36.4 Å². The summed E-state index contributed by atoms with van der Waals surface area (Å²) in [4.78, 5) is 12.9. The first kappa shape index (κ1) is 18.9. The van der Waals surface area contributed by atoms with Crippen molar-refractivity contribution in [2.45, 2.75) is 39.2 Å². The Morgan fingerprint density at radius 3 is 1.96 bits per heavy atom. The van der Waals surface area contributed by atoms with Crippen molar-refractivity contribution in [3.63, 3.8) is 0 Å². The minimum atomic E-state index is -0.00963. The molecule has 0 bridgehead atoms. The van der Waals surface area contributed by atoms with Crippen molar-refractivity contribution in [3.05, 3.63) is 107 Å². The van der Waals surface area contributed by atoms with E-state index in [1.54, 1.807) is 0 Å². The Balaban J connectivity index is 1.78. The van der Waals surface area contributed by atoms with Crippen LogP contribution in [0.15, 0.2) is 78.9 Å². The van der Waals surface area contributed by atoms with Crippen molar-refractivity contribution in [3.8, 4) is 0 Å². The number of aryl methyl sites for hydroxylation is 2. The average molecular weight is 357 g/mol. The topological polar surface area (TPSA) is 29.1 Å². The zero-order chi connectivity index (χ0) is 19.2. The van der Waals surface area contributed by atoms with Crippen molar-refractivity contribution < 1.29 is 4.79 Å². The molecule has 0 unspecified atom stereocenters. The molecule has 27 heavy (non-hydrogen) atoms. The first-order valence-electron chi connectivity index (χ1n) is 9.51. The number of hydrogen-bond donors (Lipinski definition) is 1. The number of benzene rings is 3. The Hall–Kier alpha value is -2.87. The lowest BCUT2D eigenvalue weighted by Gasteiger charge is -2.21. The molecule has 0 saturated carbocycles. The van der Waals surface area contributed by atoms with E-state index in [0.717, 1.165) is 0 Å². The molecular weight excluding hydrogens is 330 g/mol. The Morgan fingerprint density at radius 1 is 0.852 bits per heavy atom. The lowest BCUT2D eigenvalue weighted by molar-refractivity contribution is -0.121. The molecule has 0 aliphatic heterocycles. The van der Waals surface area contributed by atoms with Crippen LogP contribution in [0.2, 0.25) is 0 Å². The summed E-state index contributed by atoms with van der Waals surface area (Å²) in [6.07, 6.45) is 0.434. The Labute approximate surface area is 162 Å². The zero-order valence-electron chi connectivity index (χ0n) is 16.3. The van der Waals surface area contributed by atoms with Gasteiger partial charge in [-0.3, -0.25) is 4.79 Å². The normalized spacial score (nSPS) is 12.0. The highest BCUT2D eigenvalue weighted by Crippen LogP contribution is 2.28. The average Bonchev–Trinajstić information content (AvgIpc) is 2.69. The van der Waals surface area contributed by atoms with Gasteiger partial charge in [0.15, 0.2) is 0 Å². The van der Waals surface area contributed by atoms with Gasteiger partial charge in [0.25, 0.3) is 0 Å². The van der Waals surface area contributed by atoms with Crippen LogP contribution in [-0.4, -0.2) is 5.91 Å². The summed E-state index contributed by atoms with van der Waals surface area (Å²) in [5.41, 5.74) is 5.93. The molecule has 1 atom stereocenters. The van der Waals surface area contributed by atoms with Gasteiger partial charge in [0, 0.05) is 12.3 Å². The predicted molar refractivity (Wildman–Crippen MR) is 112 cm³/mol. The molecule has 2 heteroatoms. The van der Waals surface area contributed by atoms with Crippen LogP contribution in [0.5, 0.6) is 0 Å². The fraction of sp³-hybridized carbons (Fsp3) is 0.240. The number of rotatable bonds is 6. The minimum Gasteiger partial charge on any atom is -0.350 e. The molecule has 138 valence electrons. The van der Waals surface area contributed by atoms with Gasteiger partial charge in [0.2, 0.25) is 5.91 Å². The maximum Gasteiger partial charge on any atom is 0.221 e. The van der Waals surface area contributed by atoms with Gasteiger partial charge in [-0.15, -0.1) is 0 Å². The summed E-state index contributed by atoms with van der Waals surface area (Å²) in [6.45, 7) is 6.23. The standard InChI is InChI=1S/C25H27NO/c1-18-14-15-19(2)23(16-18)20(3)26-25(27)17-24(21-10-6-4-7-11-21)22-12-8-5-9-13-22/h4-16,20,24H,17H2,1-3H3,(H,26,27)/t20-/m0/s1. The highest BCUT2D eigenvalue weighted by atomic mass is 16.1. The fourth-order valence-electron chi connectivity index (χ4n) is 3.59. The van der Waals surface area contributed by atoms with Crippen LogP contribution in [0, 0.1) is 13.8 Å². The molecule has 1 N–H and O–H groups in total. The van der Waals surface area contributed by atoms with Crippen molar-refractivity contribution in [2.24, 2.45) is 0 Å². The van der Waals surface area contributed by atoms with E-state index in [0.29, 0.717) is 6.42 Å². The van der Waals surface area contributed by atoms with Crippen molar-refractivity contribution in [1.29, 1.82) is 0 Å². The largest absolute Gasteiger partial charge is 0.350 e. The Morgan fingerprint density at radius 2 is 1.41 bits per heavy atom. The molecule has 0 spiro atoms. The second-order valence-corrected chi connectivity index (χ2v) is 7.23. The van der Waals surface area contributed by atoms with Gasteiger partial charge in [0.1, 0.15) is 0 Å². The van der Waals surface area contributed by atoms with Gasteiger partial charge >= 0.3 is 0 Å². The van der Waals surface area contributed by atoms with Gasteiger partial charge in [-0.1, -0.05) is 84.4 Å². The van der Waals surface area contributed by atoms with Gasteiger partial charge < -0.3 is 5.32 Å². The van der Waals surface area contributed by atoms with Crippen LogP contribution < -0.4 is 5.32 Å². The molecule has 0 heterocycles. The molecule has 0 aliphatic carbocycles. The van der Waals surface area contributed by atoms with Crippen LogP contribution in [-0.2, 0) is 4.79 Å². The third kappa shape index (κ3) is 4.85. The highest BCUT2D eigenvalue weighted by Gasteiger charge is 2.20. The van der Waals surface area contributed by atoms with E-state index in [-0.39, 0.29) is 17.9 Å². The second-order valence-electron chi connectivity index (χ2n) is 7.23. The summed E-state index contributed by atoms with van der Waals surface area (Å²) in [5, 5.41) is 3.20. The minimum absolute atomic E-state index is 0.00963. The number of carbonyl (C=O) groups is 1. The summed E-state index contributed by atoms with van der Waals surface area (Å²) in [5.74, 6) is 0.124. The van der Waals surface area contributed by atoms with E-state index >= 15 is 0 Å². The molecule has 2 nitrogen and oxygen atoms in total. The van der Waals surface area contributed by atoms with Gasteiger partial charge in [0.05, 0.1) is 6.04 Å². The Kier molecular flexibility index (Phi) is 6.08. The molecular formula is C25H27NO. The quantitative estimate of drug-likeness (QED) is 0.602. The molecule has 0 aromatic heterocycles. The molecule has 0 saturated heterocycles. The molecule has 3 aromatic carbocycles. The molecule has 0 fully saturated rings. The van der Waals surface area contributed by atoms with E-state index in [1.165, 1.54) is 27.8 Å². The number of amides is 1. The SMILES string of the molecule is Cc1ccc(C)c([C@H](C)NC(=O)CC(c2ccccc2)c2ccccc2)c1. The van der Waals surface area contributed by atoms with E-state index in [2.05, 4.69) is 68.6 Å². The number of nitrogens with one attached hydrogen (secondary N) is 1. The zero-order valence-corrected chi connectivity index (χ0v) is 16.3. The van der Waals surface area contributed by atoms with E-state index < -0.39 is 0 Å². The maximum atomic E-state index is 12.9. The molecule has 3 aromatic rings. The van der Waals surface area contributed by atoms with Gasteiger partial charge in [-0.05, 0) is 43.0 Å². The first-order chi connectivity index (χ1) is 13.0. The van der Waals surface area contributed by atoms with Crippen molar-refractivity contribution in [1.82, 2.24) is 5.32 Å². The highest BCUT2D eigenvalue weighted by molar-refractivity contribution is 5.78. The predicted octanol–water partition coefficient (Wildman–Crippen LogP) is 5.70. The van der Waals surface area contributed by atoms with Gasteiger partial charge in [-0.2, -0.15) is 0 Å². The van der Waals surface area contributed by atoms with E-state index in [4.69, 9.17) is 0 Å². The monoisotopic (exact) mass is 357 g/mol. The van der Waals surface area contributed by atoms with Gasteiger partial charge in [-0.25, -0.2) is 0 Å². The second kappa shape index (κ2) is 8.68. The lowest BCUT2D eigenvalue weighted by Crippen LogP contribution is -2.28. The number of hydrogen-bond acceptors (Lipinski definition) is 1. The summed E-state index contributed by atoms with van der Waals surface area (Å²) >= 11 is 0. The van der Waals surface area contributed by atoms with Crippen molar-refractivity contribution in [2.75, 3.05) is 0 Å². The van der Waals surface area contributed by atoms with Crippen LogP contribution in [0.3, 0.4) is 0 Å². The summed E-state index contributed by atoms with van der Waals surface area (Å²) in [7, 11) is 0. The molecule has 0 radical (unpaired) electrons. The van der Waals surface area contributed by atoms with Crippen LogP contribution in [0.4, 0.5) is 0 Å². The Bertz CT molecular complexity index is 847. The maximum absolute atomic E-state index is 12.9. The smallest absolute Gasteiger partial charge is 0.221 e. The third-order valence-electron chi connectivity index (χ3n) is 5.07. The molecule has 3 rings (SSSR count). The fourth-order valence-corrected chi connectivity index (χ4v) is 3.59. The van der Waals surface area contributed by atoms with Crippen LogP contribution in [0.25, 0.3) is 0 Å². The third-order valence-corrected chi connectivity index (χ3v) is 5.07.